The summed E-state index contributed by atoms with van der Waals surface area (Å²) in [5.41, 5.74) is -0.0782. The van der Waals surface area contributed by atoms with E-state index in [0.717, 1.165) is 6.42 Å². The molecule has 0 spiro atoms. The Morgan fingerprint density at radius 3 is 2.35 bits per heavy atom. The lowest BCUT2D eigenvalue weighted by atomic mass is 9.92. The zero-order chi connectivity index (χ0) is 13.2. The average molecular weight is 241 g/mol. The molecule has 0 N–H and O–H groups in total. The molecule has 1 saturated heterocycles. The lowest BCUT2D eigenvalue weighted by molar-refractivity contribution is -0.194. The van der Waals surface area contributed by atoms with E-state index in [4.69, 9.17) is 4.74 Å². The van der Waals surface area contributed by atoms with Crippen LogP contribution >= 0.6 is 0 Å². The Kier molecular flexibility index (Phi) is 4.31. The quantitative estimate of drug-likeness (QED) is 0.737. The molecule has 2 atom stereocenters. The number of nitrogens with zero attached hydrogens (tertiary/aromatic N) is 1. The third-order valence-electron chi connectivity index (χ3n) is 3.29. The number of ether oxygens (including phenoxy) is 1. The van der Waals surface area contributed by atoms with E-state index in [1.165, 1.54) is 6.92 Å². The van der Waals surface area contributed by atoms with Crippen molar-refractivity contribution in [3.63, 3.8) is 0 Å². The second-order valence-electron chi connectivity index (χ2n) is 5.37. The molecule has 1 aliphatic rings. The molecular weight excluding hydrogens is 218 g/mol. The summed E-state index contributed by atoms with van der Waals surface area (Å²) >= 11 is 0. The van der Waals surface area contributed by atoms with Crippen LogP contribution < -0.4 is 0 Å². The first kappa shape index (κ1) is 14.2. The van der Waals surface area contributed by atoms with Crippen LogP contribution in [-0.4, -0.2) is 40.9 Å². The van der Waals surface area contributed by atoms with Crippen LogP contribution in [0.25, 0.3) is 0 Å². The van der Waals surface area contributed by atoms with Crippen LogP contribution in [0.5, 0.6) is 0 Å². The molecule has 4 heteroatoms. The van der Waals surface area contributed by atoms with Crippen molar-refractivity contribution in [1.29, 1.82) is 0 Å². The first-order valence-corrected chi connectivity index (χ1v) is 6.24. The van der Waals surface area contributed by atoms with Crippen molar-refractivity contribution in [3.05, 3.63) is 0 Å². The fraction of sp³-hybridized carbons (Fsp3) is 0.846. The highest BCUT2D eigenvalue weighted by Gasteiger charge is 2.39. The van der Waals surface area contributed by atoms with Crippen molar-refractivity contribution in [3.8, 4) is 0 Å². The van der Waals surface area contributed by atoms with Crippen LogP contribution in [0, 0.1) is 0 Å². The van der Waals surface area contributed by atoms with Gasteiger partial charge in [0, 0.05) is 26.3 Å². The Hall–Kier alpha value is -0.900. The Balaban J connectivity index is 2.56. The number of carbonyl (C=O) groups is 2. The van der Waals surface area contributed by atoms with E-state index in [1.54, 1.807) is 11.8 Å². The van der Waals surface area contributed by atoms with E-state index < -0.39 is 0 Å². The van der Waals surface area contributed by atoms with Crippen LogP contribution in [0.1, 0.15) is 47.5 Å². The van der Waals surface area contributed by atoms with E-state index in [2.05, 4.69) is 0 Å². The van der Waals surface area contributed by atoms with Gasteiger partial charge in [0.05, 0.1) is 17.7 Å². The Morgan fingerprint density at radius 1 is 1.47 bits per heavy atom. The molecule has 98 valence electrons. The molecule has 17 heavy (non-hydrogen) atoms. The maximum atomic E-state index is 11.6. The smallest absolute Gasteiger partial charge is 0.220 e. The number of hydrogen-bond donors (Lipinski definition) is 0. The third kappa shape index (κ3) is 3.53. The molecule has 0 aromatic rings. The SMILES string of the molecule is CCC(=O)[C@H](C)N(C[C@H]1CC(C)(C)O1)C(C)=O. The van der Waals surface area contributed by atoms with Crippen LogP contribution in [0.3, 0.4) is 0 Å². The van der Waals surface area contributed by atoms with Gasteiger partial charge < -0.3 is 9.64 Å². The van der Waals surface area contributed by atoms with Crippen LogP contribution in [0.2, 0.25) is 0 Å². The maximum absolute atomic E-state index is 11.6. The van der Waals surface area contributed by atoms with E-state index in [9.17, 15) is 9.59 Å². The van der Waals surface area contributed by atoms with Gasteiger partial charge in [-0.05, 0) is 20.8 Å². The van der Waals surface area contributed by atoms with Crippen molar-refractivity contribution in [2.75, 3.05) is 6.54 Å². The summed E-state index contributed by atoms with van der Waals surface area (Å²) in [7, 11) is 0. The minimum absolute atomic E-state index is 0.0624. The largest absolute Gasteiger partial charge is 0.370 e. The normalized spacial score (nSPS) is 23.7. The van der Waals surface area contributed by atoms with Crippen molar-refractivity contribution in [1.82, 2.24) is 4.90 Å². The highest BCUT2D eigenvalue weighted by molar-refractivity contribution is 5.87. The van der Waals surface area contributed by atoms with Crippen molar-refractivity contribution < 1.29 is 14.3 Å². The van der Waals surface area contributed by atoms with E-state index in [0.29, 0.717) is 13.0 Å². The van der Waals surface area contributed by atoms with Gasteiger partial charge in [-0.3, -0.25) is 9.59 Å². The summed E-state index contributed by atoms with van der Waals surface area (Å²) in [4.78, 5) is 24.8. The number of ketones is 1. The average Bonchev–Trinajstić information content (AvgIpc) is 2.20. The first-order valence-electron chi connectivity index (χ1n) is 6.24. The number of amides is 1. The van der Waals surface area contributed by atoms with Gasteiger partial charge in [-0.2, -0.15) is 0 Å². The molecule has 1 aliphatic heterocycles. The summed E-state index contributed by atoms with van der Waals surface area (Å²) in [6.45, 7) is 9.69. The standard InChI is InChI=1S/C13H23NO3/c1-6-12(16)9(2)14(10(3)15)8-11-7-13(4,5)17-11/h9,11H,6-8H2,1-5H3/t9-,11+/m0/s1. The molecule has 0 unspecified atom stereocenters. The van der Waals surface area contributed by atoms with Crippen molar-refractivity contribution in [2.45, 2.75) is 65.2 Å². The molecular formula is C13H23NO3. The van der Waals surface area contributed by atoms with Gasteiger partial charge >= 0.3 is 0 Å². The van der Waals surface area contributed by atoms with Gasteiger partial charge in [-0.25, -0.2) is 0 Å². The van der Waals surface area contributed by atoms with Gasteiger partial charge in [0.25, 0.3) is 0 Å². The molecule has 0 aromatic heterocycles. The molecule has 4 nitrogen and oxygen atoms in total. The third-order valence-corrected chi connectivity index (χ3v) is 3.29. The number of carbonyl (C=O) groups excluding carboxylic acids is 2. The molecule has 1 rings (SSSR count). The second kappa shape index (κ2) is 5.17. The lowest BCUT2D eigenvalue weighted by Crippen LogP contribution is -2.54. The van der Waals surface area contributed by atoms with Crippen molar-refractivity contribution in [2.24, 2.45) is 0 Å². The minimum Gasteiger partial charge on any atom is -0.370 e. The zero-order valence-electron chi connectivity index (χ0n) is 11.4. The molecule has 1 amide bonds. The van der Waals surface area contributed by atoms with Gasteiger partial charge in [-0.1, -0.05) is 6.92 Å². The van der Waals surface area contributed by atoms with E-state index in [-0.39, 0.29) is 29.4 Å². The van der Waals surface area contributed by atoms with E-state index >= 15 is 0 Å². The van der Waals surface area contributed by atoms with Crippen LogP contribution in [-0.2, 0) is 14.3 Å². The Morgan fingerprint density at radius 2 is 2.00 bits per heavy atom. The molecule has 1 fully saturated rings. The summed E-state index contributed by atoms with van der Waals surface area (Å²) in [5, 5.41) is 0. The van der Waals surface area contributed by atoms with Gasteiger partial charge in [0.15, 0.2) is 5.78 Å². The summed E-state index contributed by atoms with van der Waals surface area (Å²) in [5.74, 6) is 0.0337. The van der Waals surface area contributed by atoms with Crippen LogP contribution in [0.15, 0.2) is 0 Å². The molecule has 0 bridgehead atoms. The maximum Gasteiger partial charge on any atom is 0.220 e. The zero-order valence-corrected chi connectivity index (χ0v) is 11.4. The minimum atomic E-state index is -0.343. The summed E-state index contributed by atoms with van der Waals surface area (Å²) < 4.78 is 5.67. The fourth-order valence-electron chi connectivity index (χ4n) is 2.34. The van der Waals surface area contributed by atoms with E-state index in [1.807, 2.05) is 20.8 Å². The number of hydrogen-bond acceptors (Lipinski definition) is 3. The number of rotatable bonds is 5. The van der Waals surface area contributed by atoms with Crippen LogP contribution in [0.4, 0.5) is 0 Å². The van der Waals surface area contributed by atoms with Gasteiger partial charge in [0.1, 0.15) is 0 Å². The second-order valence-corrected chi connectivity index (χ2v) is 5.37. The highest BCUT2D eigenvalue weighted by atomic mass is 16.5. The molecule has 0 aromatic carbocycles. The lowest BCUT2D eigenvalue weighted by Gasteiger charge is -2.45. The van der Waals surface area contributed by atoms with Gasteiger partial charge in [-0.15, -0.1) is 0 Å². The highest BCUT2D eigenvalue weighted by Crippen LogP contribution is 2.32. The predicted molar refractivity (Wildman–Crippen MR) is 65.7 cm³/mol. The molecule has 0 saturated carbocycles. The topological polar surface area (TPSA) is 46.6 Å². The molecule has 0 radical (unpaired) electrons. The summed E-state index contributed by atoms with van der Waals surface area (Å²) in [6.07, 6.45) is 1.46. The Bertz CT molecular complexity index is 304. The predicted octanol–water partition coefficient (Wildman–Crippen LogP) is 1.77. The number of Topliss-reactive ketones (excluding diaryl/α,β-unsaturated/α-hetero) is 1. The Labute approximate surface area is 103 Å². The molecule has 0 aliphatic carbocycles. The summed E-state index contributed by atoms with van der Waals surface area (Å²) in [6, 6.07) is -0.343. The van der Waals surface area contributed by atoms with Gasteiger partial charge in [0.2, 0.25) is 5.91 Å². The molecule has 1 heterocycles. The fourth-order valence-corrected chi connectivity index (χ4v) is 2.34. The first-order chi connectivity index (χ1) is 7.76. The van der Waals surface area contributed by atoms with Crippen molar-refractivity contribution >= 4 is 11.7 Å². The monoisotopic (exact) mass is 241 g/mol.